The average molecular weight is 1150 g/mol. The van der Waals surface area contributed by atoms with Crippen molar-refractivity contribution >= 4 is 17.9 Å². The van der Waals surface area contributed by atoms with Gasteiger partial charge in [-0.1, -0.05) is 249 Å². The Balaban J connectivity index is 4.31. The zero-order valence-electron chi connectivity index (χ0n) is 53.3. The first-order valence-electron chi connectivity index (χ1n) is 32.6. The van der Waals surface area contributed by atoms with Gasteiger partial charge in [0.1, 0.15) is 13.2 Å². The van der Waals surface area contributed by atoms with Crippen LogP contribution in [0, 0.1) is 0 Å². The normalized spacial score (nSPS) is 13.8. The number of esters is 2. The monoisotopic (exact) mass is 1150 g/mol. The van der Waals surface area contributed by atoms with Crippen LogP contribution in [0.3, 0.4) is 0 Å². The maximum atomic E-state index is 12.9. The number of allylic oxidation sites excluding steroid dienone is 26. The highest BCUT2D eigenvalue weighted by Gasteiger charge is 2.25. The fourth-order valence-corrected chi connectivity index (χ4v) is 8.28. The van der Waals surface area contributed by atoms with Gasteiger partial charge in [-0.3, -0.25) is 9.59 Å². The molecular formula is C74H120NO8+. The maximum Gasteiger partial charge on any atom is 0.361 e. The molecule has 0 saturated heterocycles. The van der Waals surface area contributed by atoms with Crippen LogP contribution >= 0.6 is 0 Å². The van der Waals surface area contributed by atoms with Crippen LogP contribution in [0.1, 0.15) is 232 Å². The molecule has 0 rings (SSSR count). The Morgan fingerprint density at radius 1 is 0.373 bits per heavy atom. The lowest BCUT2D eigenvalue weighted by Gasteiger charge is -2.25. The Morgan fingerprint density at radius 3 is 1.02 bits per heavy atom. The van der Waals surface area contributed by atoms with Gasteiger partial charge in [-0.05, 0) is 128 Å². The molecule has 0 bridgehead atoms. The summed E-state index contributed by atoms with van der Waals surface area (Å²) in [6, 6.07) is 0. The van der Waals surface area contributed by atoms with E-state index in [1.165, 1.54) is 64.2 Å². The van der Waals surface area contributed by atoms with Crippen molar-refractivity contribution in [3.05, 3.63) is 158 Å². The molecule has 0 saturated carbocycles. The minimum Gasteiger partial charge on any atom is -0.477 e. The van der Waals surface area contributed by atoms with E-state index in [9.17, 15) is 19.5 Å². The summed E-state index contributed by atoms with van der Waals surface area (Å²) in [6.45, 7) is 4.69. The second-order valence-corrected chi connectivity index (χ2v) is 22.3. The van der Waals surface area contributed by atoms with Crippen LogP contribution in [0.4, 0.5) is 0 Å². The number of nitrogens with zero attached hydrogens (tertiary/aromatic N) is 1. The largest absolute Gasteiger partial charge is 0.477 e. The molecule has 0 aliphatic heterocycles. The third-order valence-electron chi connectivity index (χ3n) is 13.3. The summed E-state index contributed by atoms with van der Waals surface area (Å²) in [5.41, 5.74) is 0. The van der Waals surface area contributed by atoms with Gasteiger partial charge < -0.3 is 28.5 Å². The topological polar surface area (TPSA) is 108 Å². The lowest BCUT2D eigenvalue weighted by atomic mass is 10.1. The lowest BCUT2D eigenvalue weighted by Crippen LogP contribution is -2.40. The number of carboxylic acid groups (broad SMARTS) is 1. The number of ether oxygens (including phenoxy) is 4. The van der Waals surface area contributed by atoms with Crippen LogP contribution in [-0.4, -0.2) is 87.4 Å². The van der Waals surface area contributed by atoms with Crippen LogP contribution in [0.5, 0.6) is 0 Å². The molecule has 0 aromatic rings. The highest BCUT2D eigenvalue weighted by Crippen LogP contribution is 2.14. The van der Waals surface area contributed by atoms with Crippen molar-refractivity contribution in [1.82, 2.24) is 0 Å². The van der Waals surface area contributed by atoms with E-state index >= 15 is 0 Å². The Kier molecular flexibility index (Phi) is 59.1. The van der Waals surface area contributed by atoms with E-state index in [0.717, 1.165) is 135 Å². The molecule has 83 heavy (non-hydrogen) atoms. The molecule has 0 radical (unpaired) electrons. The van der Waals surface area contributed by atoms with E-state index in [1.807, 2.05) is 21.1 Å². The molecule has 0 spiro atoms. The number of hydrogen-bond donors (Lipinski definition) is 1. The van der Waals surface area contributed by atoms with E-state index in [2.05, 4.69) is 172 Å². The highest BCUT2D eigenvalue weighted by molar-refractivity contribution is 5.71. The Labute approximate surface area is 508 Å². The number of unbranched alkanes of at least 4 members (excludes halogenated alkanes) is 17. The van der Waals surface area contributed by atoms with Gasteiger partial charge in [0, 0.05) is 12.8 Å². The highest BCUT2D eigenvalue weighted by atomic mass is 16.7. The molecule has 2 unspecified atom stereocenters. The van der Waals surface area contributed by atoms with E-state index in [4.69, 9.17) is 18.9 Å². The number of likely N-dealkylation sites (N-methyl/N-ethyl adjacent to an activating group) is 1. The standard InChI is InChI=1S/C74H119NO8/c1-6-8-10-12-14-16-18-20-22-24-26-28-30-31-32-33-34-35-36-37-38-39-40-41-43-45-47-49-51-53-55-57-59-61-63-65-72(77)83-70(69-82-74(73(78)79)80-67-66-75(3,4)5)68-81-71(76)64-62-60-58-56-54-52-50-48-46-44-42-29-27-25-23-21-19-17-15-13-11-9-7-2/h8,10,14,16,19-22,25-28,31-32,34-35,37-38,40-42,44-45,47,51,53,70,74H,6-7,9,11-13,15,17-18,23-24,29-30,33,36,39,43,46,48-50,52,54-69H2,1-5H3/p+1/b10-8-,16-14-,21-19-,22-20-,27-25-,28-26-,32-31-,35-34-,38-37-,41-40-,44-42-,47-45-,53-51-. The predicted molar refractivity (Wildman–Crippen MR) is 354 cm³/mol. The van der Waals surface area contributed by atoms with Crippen molar-refractivity contribution < 1.29 is 42.9 Å². The van der Waals surface area contributed by atoms with Gasteiger partial charge >= 0.3 is 17.9 Å². The van der Waals surface area contributed by atoms with Crippen LogP contribution in [0.15, 0.2) is 158 Å². The van der Waals surface area contributed by atoms with E-state index in [-0.39, 0.29) is 38.6 Å². The van der Waals surface area contributed by atoms with Crippen LogP contribution in [-0.2, 0) is 33.3 Å². The van der Waals surface area contributed by atoms with Gasteiger partial charge in [0.05, 0.1) is 34.4 Å². The molecule has 9 heteroatoms. The summed E-state index contributed by atoms with van der Waals surface area (Å²) in [7, 11) is 5.95. The number of aliphatic carboxylic acids is 1. The molecule has 0 aromatic heterocycles. The molecule has 2 atom stereocenters. The second kappa shape index (κ2) is 62.9. The molecule has 9 nitrogen and oxygen atoms in total. The van der Waals surface area contributed by atoms with Crippen molar-refractivity contribution in [1.29, 1.82) is 0 Å². The van der Waals surface area contributed by atoms with E-state index in [1.54, 1.807) is 0 Å². The Hall–Kier alpha value is -5.09. The fourth-order valence-electron chi connectivity index (χ4n) is 8.28. The smallest absolute Gasteiger partial charge is 0.361 e. The van der Waals surface area contributed by atoms with Gasteiger partial charge in [-0.25, -0.2) is 4.79 Å². The maximum absolute atomic E-state index is 12.9. The quantitative estimate of drug-likeness (QED) is 0.0211. The van der Waals surface area contributed by atoms with Crippen molar-refractivity contribution in [3.8, 4) is 0 Å². The Bertz CT molecular complexity index is 1920. The molecule has 0 aromatic carbocycles. The average Bonchev–Trinajstić information content (AvgIpc) is 3.46. The summed E-state index contributed by atoms with van der Waals surface area (Å²) < 4.78 is 22.9. The van der Waals surface area contributed by atoms with Crippen LogP contribution in [0.2, 0.25) is 0 Å². The lowest BCUT2D eigenvalue weighted by molar-refractivity contribution is -0.870. The molecule has 0 heterocycles. The molecule has 0 amide bonds. The van der Waals surface area contributed by atoms with Gasteiger partial charge in [0.15, 0.2) is 6.10 Å². The number of carbonyl (C=O) groups excluding carboxylic acids is 2. The number of rotatable bonds is 58. The summed E-state index contributed by atoms with van der Waals surface area (Å²) in [5.74, 6) is -2.07. The van der Waals surface area contributed by atoms with Crippen LogP contribution < -0.4 is 0 Å². The summed E-state index contributed by atoms with van der Waals surface area (Å²) in [6.07, 6.45) is 90.4. The fraction of sp³-hybridized carbons (Fsp3) is 0.608. The Morgan fingerprint density at radius 2 is 0.687 bits per heavy atom. The second-order valence-electron chi connectivity index (χ2n) is 22.3. The summed E-state index contributed by atoms with van der Waals surface area (Å²) in [4.78, 5) is 37.5. The zero-order chi connectivity index (χ0) is 60.5. The summed E-state index contributed by atoms with van der Waals surface area (Å²) in [5, 5.41) is 9.73. The number of hydrogen-bond acceptors (Lipinski definition) is 7. The van der Waals surface area contributed by atoms with E-state index < -0.39 is 24.3 Å². The SMILES string of the molecule is CC/C=C\C/C=C\C/C=C\C/C=C\C/C=C\C/C=C\C/C=C\C/C=C\C/C=C\C/C=C\CCCCCCC(=O)OC(COC(=O)CCCCCCCCCC/C=C\C/C=C\C/C=C\CCCCCCC)COC(OCC[N+](C)(C)C)C(=O)O. The molecule has 0 aliphatic carbocycles. The number of carboxylic acids is 1. The zero-order valence-corrected chi connectivity index (χ0v) is 53.3. The summed E-state index contributed by atoms with van der Waals surface area (Å²) >= 11 is 0. The van der Waals surface area contributed by atoms with Crippen LogP contribution in [0.25, 0.3) is 0 Å². The van der Waals surface area contributed by atoms with Crippen molar-refractivity contribution in [2.75, 3.05) is 47.5 Å². The van der Waals surface area contributed by atoms with Gasteiger partial charge in [-0.2, -0.15) is 0 Å². The molecule has 1 N–H and O–H groups in total. The van der Waals surface area contributed by atoms with Gasteiger partial charge in [-0.15, -0.1) is 0 Å². The van der Waals surface area contributed by atoms with Crippen molar-refractivity contribution in [2.24, 2.45) is 0 Å². The first-order valence-corrected chi connectivity index (χ1v) is 32.6. The first kappa shape index (κ1) is 77.9. The molecule has 0 fully saturated rings. The molecular weight excluding hydrogens is 1030 g/mol. The predicted octanol–water partition coefficient (Wildman–Crippen LogP) is 20.1. The number of carbonyl (C=O) groups is 3. The minimum atomic E-state index is -1.53. The first-order chi connectivity index (χ1) is 40.6. The number of quaternary nitrogens is 1. The third kappa shape index (κ3) is 64.3. The van der Waals surface area contributed by atoms with Gasteiger partial charge in [0.25, 0.3) is 6.29 Å². The molecule has 468 valence electrons. The molecule has 0 aliphatic rings. The van der Waals surface area contributed by atoms with E-state index in [0.29, 0.717) is 17.4 Å². The minimum absolute atomic E-state index is 0.172. The van der Waals surface area contributed by atoms with Gasteiger partial charge in [0.2, 0.25) is 0 Å². The third-order valence-corrected chi connectivity index (χ3v) is 13.3. The van der Waals surface area contributed by atoms with Crippen molar-refractivity contribution in [3.63, 3.8) is 0 Å². The van der Waals surface area contributed by atoms with Crippen molar-refractivity contribution in [2.45, 2.75) is 245 Å².